The number of carbonyl (C=O) groups is 2. The monoisotopic (exact) mass is 198 g/mol. The lowest BCUT2D eigenvalue weighted by molar-refractivity contribution is -0.108. The highest BCUT2D eigenvalue weighted by molar-refractivity contribution is 5.68. The van der Waals surface area contributed by atoms with Crippen LogP contribution in [0.15, 0.2) is 24.0 Å². The van der Waals surface area contributed by atoms with Gasteiger partial charge in [0.05, 0.1) is 6.61 Å². The van der Waals surface area contributed by atoms with Gasteiger partial charge in [0.1, 0.15) is 0 Å². The fourth-order valence-electron chi connectivity index (χ4n) is 0.627. The molecule has 2 amide bonds. The molecule has 5 nitrogen and oxygen atoms in total. The Labute approximate surface area is 82.8 Å². The van der Waals surface area contributed by atoms with Crippen LogP contribution in [0, 0.1) is 0 Å². The van der Waals surface area contributed by atoms with Gasteiger partial charge >= 0.3 is 6.09 Å². The largest absolute Gasteiger partial charge is 0.450 e. The van der Waals surface area contributed by atoms with Crippen molar-refractivity contribution in [3.8, 4) is 0 Å². The Hall–Kier alpha value is -1.78. The van der Waals surface area contributed by atoms with E-state index in [2.05, 4.69) is 15.4 Å². The zero-order valence-electron chi connectivity index (χ0n) is 8.24. The second-order valence-electron chi connectivity index (χ2n) is 2.37. The van der Waals surface area contributed by atoms with E-state index in [1.165, 1.54) is 12.4 Å². The average molecular weight is 198 g/mol. The predicted octanol–water partition coefficient (Wildman–Crippen LogP) is 0.896. The van der Waals surface area contributed by atoms with E-state index in [0.29, 0.717) is 13.0 Å². The van der Waals surface area contributed by atoms with E-state index >= 15 is 0 Å². The van der Waals surface area contributed by atoms with Gasteiger partial charge in [0.2, 0.25) is 6.41 Å². The van der Waals surface area contributed by atoms with Crippen molar-refractivity contribution in [1.29, 1.82) is 0 Å². The van der Waals surface area contributed by atoms with Gasteiger partial charge in [-0.05, 0) is 25.5 Å². The van der Waals surface area contributed by atoms with Crippen LogP contribution < -0.4 is 10.6 Å². The normalized spacial score (nSPS) is 11.1. The number of ether oxygens (including phenoxy) is 1. The highest BCUT2D eigenvalue weighted by atomic mass is 16.5. The van der Waals surface area contributed by atoms with Crippen molar-refractivity contribution < 1.29 is 14.3 Å². The van der Waals surface area contributed by atoms with Crippen molar-refractivity contribution in [1.82, 2.24) is 10.6 Å². The molecule has 0 aliphatic rings. The van der Waals surface area contributed by atoms with Crippen LogP contribution in [0.25, 0.3) is 0 Å². The van der Waals surface area contributed by atoms with Crippen molar-refractivity contribution in [2.75, 3.05) is 6.61 Å². The zero-order valence-corrected chi connectivity index (χ0v) is 8.24. The average Bonchev–Trinajstić information content (AvgIpc) is 2.15. The number of hydrogen-bond acceptors (Lipinski definition) is 3. The number of carbonyl (C=O) groups excluding carboxylic acids is 2. The fraction of sp³-hybridized carbons (Fsp3) is 0.333. The molecule has 14 heavy (non-hydrogen) atoms. The van der Waals surface area contributed by atoms with E-state index in [1.54, 1.807) is 19.9 Å². The van der Waals surface area contributed by atoms with E-state index < -0.39 is 6.09 Å². The summed E-state index contributed by atoms with van der Waals surface area (Å²) < 4.78 is 4.61. The smallest absolute Gasteiger partial charge is 0.411 e. The van der Waals surface area contributed by atoms with E-state index in [9.17, 15) is 9.59 Å². The molecule has 0 aliphatic carbocycles. The molecule has 0 saturated heterocycles. The number of hydrogen-bond donors (Lipinski definition) is 2. The van der Waals surface area contributed by atoms with Crippen molar-refractivity contribution in [2.45, 2.75) is 13.8 Å². The maximum absolute atomic E-state index is 10.8. The Morgan fingerprint density at radius 2 is 2.21 bits per heavy atom. The van der Waals surface area contributed by atoms with Crippen LogP contribution >= 0.6 is 0 Å². The number of amides is 2. The van der Waals surface area contributed by atoms with Crippen molar-refractivity contribution in [3.05, 3.63) is 24.0 Å². The topological polar surface area (TPSA) is 67.4 Å². The minimum absolute atomic E-state index is 0.335. The van der Waals surface area contributed by atoms with Crippen LogP contribution in [0.3, 0.4) is 0 Å². The first-order valence-corrected chi connectivity index (χ1v) is 4.17. The molecule has 0 spiro atoms. The molecule has 0 aromatic carbocycles. The molecule has 0 bridgehead atoms. The van der Waals surface area contributed by atoms with Crippen LogP contribution in [0.5, 0.6) is 0 Å². The van der Waals surface area contributed by atoms with Gasteiger partial charge in [-0.1, -0.05) is 0 Å². The Kier molecular flexibility index (Phi) is 6.85. The molecular weight excluding hydrogens is 184 g/mol. The maximum atomic E-state index is 10.8. The lowest BCUT2D eigenvalue weighted by Gasteiger charge is -1.98. The number of rotatable bonds is 5. The molecule has 2 N–H and O–H groups in total. The first-order valence-electron chi connectivity index (χ1n) is 4.17. The summed E-state index contributed by atoms with van der Waals surface area (Å²) in [5.74, 6) is 0. The lowest BCUT2D eigenvalue weighted by Crippen LogP contribution is -2.18. The Bertz CT molecular complexity index is 246. The molecular formula is C9H14N2O3. The molecule has 0 unspecified atom stereocenters. The molecule has 0 aliphatic heterocycles. The van der Waals surface area contributed by atoms with Gasteiger partial charge in [-0.2, -0.15) is 0 Å². The van der Waals surface area contributed by atoms with Gasteiger partial charge in [0.25, 0.3) is 0 Å². The second kappa shape index (κ2) is 7.85. The summed E-state index contributed by atoms with van der Waals surface area (Å²) in [6.07, 6.45) is 4.65. The number of allylic oxidation sites excluding steroid dienone is 2. The summed E-state index contributed by atoms with van der Waals surface area (Å²) >= 11 is 0. The lowest BCUT2D eigenvalue weighted by atomic mass is 10.3. The van der Waals surface area contributed by atoms with Gasteiger partial charge in [-0.3, -0.25) is 10.1 Å². The SMILES string of the molecule is CCOC(=O)N/C=C\C(C)=C/NC=O. The third-order valence-electron chi connectivity index (χ3n) is 1.20. The first kappa shape index (κ1) is 12.2. The van der Waals surface area contributed by atoms with Crippen LogP contribution in [0.4, 0.5) is 4.79 Å². The van der Waals surface area contributed by atoms with Crippen molar-refractivity contribution in [2.24, 2.45) is 0 Å². The third kappa shape index (κ3) is 6.90. The van der Waals surface area contributed by atoms with Gasteiger partial charge < -0.3 is 10.1 Å². The summed E-state index contributed by atoms with van der Waals surface area (Å²) in [6, 6.07) is 0. The minimum atomic E-state index is -0.500. The van der Waals surface area contributed by atoms with E-state index in [1.807, 2.05) is 0 Å². The summed E-state index contributed by atoms with van der Waals surface area (Å²) in [7, 11) is 0. The predicted molar refractivity (Wildman–Crippen MR) is 52.3 cm³/mol. The van der Waals surface area contributed by atoms with Crippen LogP contribution in [0.2, 0.25) is 0 Å². The summed E-state index contributed by atoms with van der Waals surface area (Å²) in [5.41, 5.74) is 0.800. The Balaban J connectivity index is 3.81. The quantitative estimate of drug-likeness (QED) is 0.509. The molecule has 0 aromatic heterocycles. The molecule has 0 rings (SSSR count). The molecule has 0 fully saturated rings. The highest BCUT2D eigenvalue weighted by Gasteiger charge is 1.93. The summed E-state index contributed by atoms with van der Waals surface area (Å²) in [5, 5.41) is 4.77. The van der Waals surface area contributed by atoms with Crippen LogP contribution in [-0.2, 0) is 9.53 Å². The van der Waals surface area contributed by atoms with E-state index in [4.69, 9.17) is 0 Å². The summed E-state index contributed by atoms with van der Waals surface area (Å²) in [6.45, 7) is 3.84. The van der Waals surface area contributed by atoms with E-state index in [-0.39, 0.29) is 0 Å². The van der Waals surface area contributed by atoms with Crippen molar-refractivity contribution in [3.63, 3.8) is 0 Å². The van der Waals surface area contributed by atoms with Crippen LogP contribution in [0.1, 0.15) is 13.8 Å². The molecule has 0 heterocycles. The van der Waals surface area contributed by atoms with Gasteiger partial charge in [-0.25, -0.2) is 4.79 Å². The minimum Gasteiger partial charge on any atom is -0.450 e. The van der Waals surface area contributed by atoms with E-state index in [0.717, 1.165) is 5.57 Å². The zero-order chi connectivity index (χ0) is 10.8. The molecule has 78 valence electrons. The molecule has 0 aromatic rings. The molecule has 0 radical (unpaired) electrons. The molecule has 0 saturated carbocycles. The fourth-order valence-corrected chi connectivity index (χ4v) is 0.627. The second-order valence-corrected chi connectivity index (χ2v) is 2.37. The summed E-state index contributed by atoms with van der Waals surface area (Å²) in [4.78, 5) is 20.7. The van der Waals surface area contributed by atoms with Gasteiger partial charge in [-0.15, -0.1) is 0 Å². The van der Waals surface area contributed by atoms with Crippen LogP contribution in [-0.4, -0.2) is 19.1 Å². The molecule has 5 heteroatoms. The Morgan fingerprint density at radius 1 is 1.50 bits per heavy atom. The standard InChI is InChI=1S/C9H14N2O3/c1-3-14-9(13)11-5-4-8(2)6-10-7-12/h4-7H,3H2,1-2H3,(H,10,12)(H,11,13)/b5-4-,8-6-. The maximum Gasteiger partial charge on any atom is 0.411 e. The highest BCUT2D eigenvalue weighted by Crippen LogP contribution is 1.90. The van der Waals surface area contributed by atoms with Gasteiger partial charge in [0.15, 0.2) is 0 Å². The van der Waals surface area contributed by atoms with Gasteiger partial charge in [0, 0.05) is 12.4 Å². The van der Waals surface area contributed by atoms with Crippen molar-refractivity contribution >= 4 is 12.5 Å². The third-order valence-corrected chi connectivity index (χ3v) is 1.20. The number of alkyl carbamates (subject to hydrolysis) is 1. The Morgan fingerprint density at radius 3 is 2.79 bits per heavy atom. The first-order chi connectivity index (χ1) is 6.70. The number of nitrogens with one attached hydrogen (secondary N) is 2. The molecule has 0 atom stereocenters.